The highest BCUT2D eigenvalue weighted by Crippen LogP contribution is 2.36. The average molecular weight is 288 g/mol. The third-order valence-corrected chi connectivity index (χ3v) is 4.68. The molecule has 0 atom stereocenters. The summed E-state index contributed by atoms with van der Waals surface area (Å²) >= 11 is 0. The minimum absolute atomic E-state index is 0.181. The van der Waals surface area contributed by atoms with Crippen LogP contribution in [-0.4, -0.2) is 0 Å². The molecule has 0 N–H and O–H groups in total. The van der Waals surface area contributed by atoms with E-state index in [1.165, 1.54) is 39.0 Å². The van der Waals surface area contributed by atoms with E-state index in [2.05, 4.69) is 76.7 Å². The van der Waals surface area contributed by atoms with E-state index in [1.54, 1.807) is 0 Å². The van der Waals surface area contributed by atoms with Crippen LogP contribution in [0, 0.1) is 0 Å². The molecule has 0 heteroatoms. The Morgan fingerprint density at radius 3 is 2.41 bits per heavy atom. The number of allylic oxidation sites excluding steroid dienone is 3. The predicted octanol–water partition coefficient (Wildman–Crippen LogP) is 6.17. The van der Waals surface area contributed by atoms with Gasteiger partial charge >= 0.3 is 0 Å². The Labute approximate surface area is 134 Å². The van der Waals surface area contributed by atoms with Crippen molar-refractivity contribution < 1.29 is 0 Å². The van der Waals surface area contributed by atoms with E-state index in [1.807, 2.05) is 6.08 Å². The van der Waals surface area contributed by atoms with Gasteiger partial charge in [0.25, 0.3) is 0 Å². The lowest BCUT2D eigenvalue weighted by molar-refractivity contribution is 0.590. The standard InChI is InChI=1S/C22H24/c1-6-16-12-19-13-18(10-11-21(19)15(16)2)17-8-7-9-20(14-17)22(3,4)5/h6-11,13-14H,1,12H2,2-5H3. The lowest BCUT2D eigenvalue weighted by Gasteiger charge is -2.20. The van der Waals surface area contributed by atoms with Crippen LogP contribution >= 0.6 is 0 Å². The molecule has 0 radical (unpaired) electrons. The Bertz CT molecular complexity index is 767. The summed E-state index contributed by atoms with van der Waals surface area (Å²) in [5.41, 5.74) is 9.71. The topological polar surface area (TPSA) is 0 Å². The van der Waals surface area contributed by atoms with Gasteiger partial charge in [-0.05, 0) is 57.7 Å². The molecule has 0 saturated carbocycles. The second-order valence-corrected chi connectivity index (χ2v) is 7.23. The summed E-state index contributed by atoms with van der Waals surface area (Å²) in [5.74, 6) is 0. The van der Waals surface area contributed by atoms with Gasteiger partial charge in [0.1, 0.15) is 0 Å². The van der Waals surface area contributed by atoms with Gasteiger partial charge < -0.3 is 0 Å². The van der Waals surface area contributed by atoms with Crippen LogP contribution in [0.3, 0.4) is 0 Å². The fourth-order valence-corrected chi connectivity index (χ4v) is 3.19. The maximum atomic E-state index is 3.94. The average Bonchev–Trinajstić information content (AvgIpc) is 2.82. The summed E-state index contributed by atoms with van der Waals surface area (Å²) in [4.78, 5) is 0. The third-order valence-electron chi connectivity index (χ3n) is 4.68. The zero-order chi connectivity index (χ0) is 15.9. The monoisotopic (exact) mass is 288 g/mol. The molecule has 1 aliphatic carbocycles. The molecular weight excluding hydrogens is 264 g/mol. The number of rotatable bonds is 2. The highest BCUT2D eigenvalue weighted by molar-refractivity contribution is 5.80. The first-order valence-electron chi connectivity index (χ1n) is 7.96. The van der Waals surface area contributed by atoms with Gasteiger partial charge in [0.15, 0.2) is 0 Å². The van der Waals surface area contributed by atoms with Gasteiger partial charge in [-0.15, -0.1) is 0 Å². The minimum Gasteiger partial charge on any atom is -0.0988 e. The van der Waals surface area contributed by atoms with E-state index in [-0.39, 0.29) is 5.41 Å². The number of fused-ring (bicyclic) bond motifs is 1. The fraction of sp³-hybridized carbons (Fsp3) is 0.273. The van der Waals surface area contributed by atoms with E-state index in [9.17, 15) is 0 Å². The maximum Gasteiger partial charge on any atom is -0.00169 e. The number of benzene rings is 2. The summed E-state index contributed by atoms with van der Waals surface area (Å²) in [6.07, 6.45) is 3.01. The summed E-state index contributed by atoms with van der Waals surface area (Å²) in [7, 11) is 0. The van der Waals surface area contributed by atoms with Crippen LogP contribution in [0.25, 0.3) is 16.7 Å². The fourth-order valence-electron chi connectivity index (χ4n) is 3.19. The highest BCUT2D eigenvalue weighted by Gasteiger charge is 2.18. The summed E-state index contributed by atoms with van der Waals surface area (Å²) in [5, 5.41) is 0. The molecule has 0 spiro atoms. The Kier molecular flexibility index (Phi) is 3.56. The van der Waals surface area contributed by atoms with Crippen molar-refractivity contribution in [2.24, 2.45) is 0 Å². The number of hydrogen-bond acceptors (Lipinski definition) is 0. The minimum atomic E-state index is 0.181. The van der Waals surface area contributed by atoms with Crippen LogP contribution in [0.2, 0.25) is 0 Å². The molecule has 0 bridgehead atoms. The van der Waals surface area contributed by atoms with Gasteiger partial charge in [0, 0.05) is 0 Å². The van der Waals surface area contributed by atoms with E-state index >= 15 is 0 Å². The molecule has 0 unspecified atom stereocenters. The van der Waals surface area contributed by atoms with Crippen molar-refractivity contribution in [1.29, 1.82) is 0 Å². The third kappa shape index (κ3) is 2.54. The molecule has 0 amide bonds. The Morgan fingerprint density at radius 1 is 1.00 bits per heavy atom. The van der Waals surface area contributed by atoms with Crippen LogP contribution in [0.4, 0.5) is 0 Å². The Morgan fingerprint density at radius 2 is 1.73 bits per heavy atom. The summed E-state index contributed by atoms with van der Waals surface area (Å²) < 4.78 is 0. The van der Waals surface area contributed by atoms with Crippen molar-refractivity contribution in [2.75, 3.05) is 0 Å². The molecule has 1 aliphatic rings. The zero-order valence-corrected chi connectivity index (χ0v) is 14.0. The lowest BCUT2D eigenvalue weighted by Crippen LogP contribution is -2.10. The van der Waals surface area contributed by atoms with Gasteiger partial charge in [-0.3, -0.25) is 0 Å². The Balaban J connectivity index is 2.02. The second-order valence-electron chi connectivity index (χ2n) is 7.23. The molecule has 3 rings (SSSR count). The van der Waals surface area contributed by atoms with Gasteiger partial charge in [-0.25, -0.2) is 0 Å². The van der Waals surface area contributed by atoms with E-state index in [4.69, 9.17) is 0 Å². The first-order valence-corrected chi connectivity index (χ1v) is 7.96. The van der Waals surface area contributed by atoms with Crippen molar-refractivity contribution in [3.05, 3.63) is 77.4 Å². The van der Waals surface area contributed by atoms with Crippen molar-refractivity contribution in [2.45, 2.75) is 39.5 Å². The molecule has 112 valence electrons. The zero-order valence-electron chi connectivity index (χ0n) is 14.0. The smallest absolute Gasteiger partial charge is 0.00169 e. The predicted molar refractivity (Wildman–Crippen MR) is 97.1 cm³/mol. The van der Waals surface area contributed by atoms with Crippen LogP contribution in [0.5, 0.6) is 0 Å². The molecule has 0 aliphatic heterocycles. The van der Waals surface area contributed by atoms with E-state index in [0.717, 1.165) is 6.42 Å². The van der Waals surface area contributed by atoms with Crippen molar-refractivity contribution in [3.63, 3.8) is 0 Å². The second kappa shape index (κ2) is 5.28. The molecule has 0 fully saturated rings. The van der Waals surface area contributed by atoms with E-state index in [0.29, 0.717) is 0 Å². The number of hydrogen-bond donors (Lipinski definition) is 0. The first kappa shape index (κ1) is 14.8. The van der Waals surface area contributed by atoms with Crippen LogP contribution in [-0.2, 0) is 11.8 Å². The highest BCUT2D eigenvalue weighted by atomic mass is 14.2. The molecule has 0 heterocycles. The maximum absolute atomic E-state index is 3.94. The van der Waals surface area contributed by atoms with Crippen LogP contribution in [0.1, 0.15) is 44.4 Å². The molecule has 0 saturated heterocycles. The van der Waals surface area contributed by atoms with Gasteiger partial charge in [-0.1, -0.05) is 75.9 Å². The lowest BCUT2D eigenvalue weighted by atomic mass is 9.85. The van der Waals surface area contributed by atoms with Gasteiger partial charge in [0.05, 0.1) is 0 Å². The van der Waals surface area contributed by atoms with Gasteiger partial charge in [0.2, 0.25) is 0 Å². The van der Waals surface area contributed by atoms with Crippen molar-refractivity contribution in [3.8, 4) is 11.1 Å². The summed E-state index contributed by atoms with van der Waals surface area (Å²) in [6, 6.07) is 15.8. The largest absolute Gasteiger partial charge is 0.0988 e. The molecule has 2 aromatic rings. The van der Waals surface area contributed by atoms with E-state index < -0.39 is 0 Å². The molecule has 2 aromatic carbocycles. The molecule has 22 heavy (non-hydrogen) atoms. The summed E-state index contributed by atoms with van der Waals surface area (Å²) in [6.45, 7) is 12.9. The molecule has 0 nitrogen and oxygen atoms in total. The Hall–Kier alpha value is -2.08. The van der Waals surface area contributed by atoms with Crippen molar-refractivity contribution in [1.82, 2.24) is 0 Å². The quantitative estimate of drug-likeness (QED) is 0.620. The van der Waals surface area contributed by atoms with Crippen LogP contribution in [0.15, 0.2) is 60.7 Å². The first-order chi connectivity index (χ1) is 10.4. The SMILES string of the molecule is C=CC1=C(C)c2ccc(-c3cccc(C(C)(C)C)c3)cc2C1. The van der Waals surface area contributed by atoms with Crippen LogP contribution < -0.4 is 0 Å². The molecule has 0 aromatic heterocycles. The van der Waals surface area contributed by atoms with Crippen molar-refractivity contribution >= 4 is 5.57 Å². The normalized spacial score (nSPS) is 14.2. The van der Waals surface area contributed by atoms with Gasteiger partial charge in [-0.2, -0.15) is 0 Å². The molecular formula is C22H24.